The standard InChI is InChI=1S/C16H15FO2S/c1-10-3-4-12(9-14(10)17)15(18)16(20)11-5-7-13(19-2)8-6-11/h3-9,15,18H,1-2H3. The lowest BCUT2D eigenvalue weighted by Crippen LogP contribution is -2.11. The second-order valence-corrected chi connectivity index (χ2v) is 4.94. The number of benzene rings is 2. The Kier molecular flexibility index (Phi) is 4.47. The van der Waals surface area contributed by atoms with E-state index in [1.165, 1.54) is 6.07 Å². The molecule has 104 valence electrons. The van der Waals surface area contributed by atoms with Crippen molar-refractivity contribution in [2.24, 2.45) is 0 Å². The molecule has 2 aromatic carbocycles. The van der Waals surface area contributed by atoms with E-state index < -0.39 is 6.10 Å². The number of aryl methyl sites for hydroxylation is 1. The minimum atomic E-state index is -1.01. The van der Waals surface area contributed by atoms with Crippen LogP contribution in [-0.2, 0) is 0 Å². The Bertz CT molecular complexity index is 623. The lowest BCUT2D eigenvalue weighted by Gasteiger charge is -2.14. The highest BCUT2D eigenvalue weighted by Crippen LogP contribution is 2.23. The monoisotopic (exact) mass is 290 g/mol. The van der Waals surface area contributed by atoms with Crippen molar-refractivity contribution in [3.05, 3.63) is 65.0 Å². The molecule has 0 aromatic heterocycles. The van der Waals surface area contributed by atoms with Crippen molar-refractivity contribution >= 4 is 17.1 Å². The number of ether oxygens (including phenoxy) is 1. The van der Waals surface area contributed by atoms with E-state index in [2.05, 4.69) is 0 Å². The van der Waals surface area contributed by atoms with Gasteiger partial charge in [0.25, 0.3) is 0 Å². The molecular formula is C16H15FO2S. The fourth-order valence-corrected chi connectivity index (χ4v) is 2.12. The van der Waals surface area contributed by atoms with Crippen molar-refractivity contribution in [1.29, 1.82) is 0 Å². The lowest BCUT2D eigenvalue weighted by atomic mass is 10.00. The van der Waals surface area contributed by atoms with Crippen molar-refractivity contribution in [2.75, 3.05) is 7.11 Å². The normalized spacial score (nSPS) is 12.0. The Hall–Kier alpha value is -1.78. The fraction of sp³-hybridized carbons (Fsp3) is 0.188. The van der Waals surface area contributed by atoms with Crippen molar-refractivity contribution in [3.8, 4) is 5.75 Å². The van der Waals surface area contributed by atoms with Gasteiger partial charge in [-0.2, -0.15) is 0 Å². The lowest BCUT2D eigenvalue weighted by molar-refractivity contribution is 0.250. The SMILES string of the molecule is COc1ccc(C(=S)C(O)c2ccc(C)c(F)c2)cc1. The Balaban J connectivity index is 2.24. The summed E-state index contributed by atoms with van der Waals surface area (Å²) in [4.78, 5) is 0.357. The molecule has 1 atom stereocenters. The molecule has 0 radical (unpaired) electrons. The minimum absolute atomic E-state index is 0.348. The number of rotatable bonds is 4. The van der Waals surface area contributed by atoms with E-state index >= 15 is 0 Å². The van der Waals surface area contributed by atoms with Gasteiger partial charge >= 0.3 is 0 Å². The van der Waals surface area contributed by atoms with E-state index in [9.17, 15) is 9.50 Å². The highest BCUT2D eigenvalue weighted by Gasteiger charge is 2.16. The summed E-state index contributed by atoms with van der Waals surface area (Å²) in [6.45, 7) is 1.67. The Labute approximate surface area is 122 Å². The average molecular weight is 290 g/mol. The van der Waals surface area contributed by atoms with Gasteiger partial charge < -0.3 is 9.84 Å². The molecule has 4 heteroatoms. The maximum Gasteiger partial charge on any atom is 0.126 e. The zero-order valence-electron chi connectivity index (χ0n) is 11.3. The van der Waals surface area contributed by atoms with Crippen molar-refractivity contribution in [3.63, 3.8) is 0 Å². The zero-order chi connectivity index (χ0) is 14.7. The highest BCUT2D eigenvalue weighted by molar-refractivity contribution is 7.81. The molecule has 0 saturated carbocycles. The van der Waals surface area contributed by atoms with Gasteiger partial charge in [0.05, 0.1) is 12.0 Å². The predicted octanol–water partition coefficient (Wildman–Crippen LogP) is 3.59. The maximum atomic E-state index is 13.5. The first-order chi connectivity index (χ1) is 9.52. The van der Waals surface area contributed by atoms with Gasteiger partial charge in [0, 0.05) is 0 Å². The molecule has 0 fully saturated rings. The molecule has 2 nitrogen and oxygen atoms in total. The number of hydrogen-bond donors (Lipinski definition) is 1. The Morgan fingerprint density at radius 2 is 1.85 bits per heavy atom. The van der Waals surface area contributed by atoms with Crippen LogP contribution in [0, 0.1) is 12.7 Å². The van der Waals surface area contributed by atoms with Gasteiger partial charge in [-0.1, -0.05) is 36.5 Å². The van der Waals surface area contributed by atoms with Gasteiger partial charge in [0.2, 0.25) is 0 Å². The maximum absolute atomic E-state index is 13.5. The van der Waals surface area contributed by atoms with E-state index in [0.717, 1.165) is 0 Å². The first-order valence-corrected chi connectivity index (χ1v) is 6.56. The molecule has 0 saturated heterocycles. The van der Waals surface area contributed by atoms with Crippen molar-refractivity contribution in [1.82, 2.24) is 0 Å². The predicted molar refractivity (Wildman–Crippen MR) is 80.8 cm³/mol. The molecule has 20 heavy (non-hydrogen) atoms. The van der Waals surface area contributed by atoms with Gasteiger partial charge in [-0.05, 0) is 41.8 Å². The molecule has 0 bridgehead atoms. The molecule has 0 spiro atoms. The van der Waals surface area contributed by atoms with Crippen LogP contribution < -0.4 is 4.74 Å². The topological polar surface area (TPSA) is 29.5 Å². The molecule has 0 aliphatic carbocycles. The number of hydrogen-bond acceptors (Lipinski definition) is 3. The van der Waals surface area contributed by atoms with Crippen LogP contribution in [-0.4, -0.2) is 17.1 Å². The molecule has 2 aromatic rings. The summed E-state index contributed by atoms with van der Waals surface area (Å²) in [5.41, 5.74) is 1.71. The highest BCUT2D eigenvalue weighted by atomic mass is 32.1. The molecule has 1 unspecified atom stereocenters. The molecule has 1 N–H and O–H groups in total. The minimum Gasteiger partial charge on any atom is -0.497 e. The molecule has 2 rings (SSSR count). The zero-order valence-corrected chi connectivity index (χ0v) is 12.1. The number of thiocarbonyl (C=S) groups is 1. The Morgan fingerprint density at radius 3 is 2.40 bits per heavy atom. The van der Waals surface area contributed by atoms with Crippen LogP contribution in [0.25, 0.3) is 0 Å². The van der Waals surface area contributed by atoms with Gasteiger partial charge in [-0.15, -0.1) is 0 Å². The second-order valence-electron chi connectivity index (χ2n) is 4.50. The third kappa shape index (κ3) is 3.03. The number of methoxy groups -OCH3 is 1. The molecule has 0 aliphatic rings. The van der Waals surface area contributed by atoms with Gasteiger partial charge in [-0.3, -0.25) is 0 Å². The summed E-state index contributed by atoms with van der Waals surface area (Å²) in [5.74, 6) is 0.367. The van der Waals surface area contributed by atoms with Gasteiger partial charge in [-0.25, -0.2) is 4.39 Å². The number of aliphatic hydroxyl groups is 1. The van der Waals surface area contributed by atoms with Crippen LogP contribution in [0.5, 0.6) is 5.75 Å². The van der Waals surface area contributed by atoms with Crippen LogP contribution in [0.2, 0.25) is 0 Å². The summed E-state index contributed by atoms with van der Waals surface area (Å²) in [6, 6.07) is 11.7. The van der Waals surface area contributed by atoms with Crippen LogP contribution in [0.4, 0.5) is 4.39 Å². The number of halogens is 1. The summed E-state index contributed by atoms with van der Waals surface area (Å²) in [7, 11) is 1.58. The molecule has 0 amide bonds. The van der Waals surface area contributed by atoms with E-state index in [4.69, 9.17) is 17.0 Å². The van der Waals surface area contributed by atoms with Gasteiger partial charge in [0.1, 0.15) is 17.7 Å². The van der Waals surface area contributed by atoms with Crippen LogP contribution in [0.3, 0.4) is 0 Å². The average Bonchev–Trinajstić information content (AvgIpc) is 2.48. The summed E-state index contributed by atoms with van der Waals surface area (Å²) in [6.07, 6.45) is -1.01. The van der Waals surface area contributed by atoms with Crippen molar-refractivity contribution < 1.29 is 14.2 Å². The second kappa shape index (κ2) is 6.11. The van der Waals surface area contributed by atoms with Crippen LogP contribution in [0.15, 0.2) is 42.5 Å². The quantitative estimate of drug-likeness (QED) is 0.689. The molecule has 0 aliphatic heterocycles. The van der Waals surface area contributed by atoms with E-state index in [-0.39, 0.29) is 5.82 Å². The molecule has 0 heterocycles. The van der Waals surface area contributed by atoms with E-state index in [1.54, 1.807) is 50.4 Å². The smallest absolute Gasteiger partial charge is 0.126 e. The van der Waals surface area contributed by atoms with Crippen molar-refractivity contribution in [2.45, 2.75) is 13.0 Å². The third-order valence-corrected chi connectivity index (χ3v) is 3.59. The van der Waals surface area contributed by atoms with Crippen LogP contribution in [0.1, 0.15) is 22.8 Å². The van der Waals surface area contributed by atoms with Crippen LogP contribution >= 0.6 is 12.2 Å². The number of aliphatic hydroxyl groups excluding tert-OH is 1. The summed E-state index contributed by atoms with van der Waals surface area (Å²) >= 11 is 5.27. The third-order valence-electron chi connectivity index (χ3n) is 3.13. The molecular weight excluding hydrogens is 275 g/mol. The first-order valence-electron chi connectivity index (χ1n) is 6.15. The summed E-state index contributed by atoms with van der Waals surface area (Å²) in [5, 5.41) is 10.2. The summed E-state index contributed by atoms with van der Waals surface area (Å²) < 4.78 is 18.6. The van der Waals surface area contributed by atoms with E-state index in [1.807, 2.05) is 0 Å². The Morgan fingerprint density at radius 1 is 1.20 bits per heavy atom. The fourth-order valence-electron chi connectivity index (χ4n) is 1.84. The van der Waals surface area contributed by atoms with E-state index in [0.29, 0.717) is 27.3 Å². The first kappa shape index (κ1) is 14.6. The van der Waals surface area contributed by atoms with Gasteiger partial charge in [0.15, 0.2) is 0 Å². The largest absolute Gasteiger partial charge is 0.497 e.